The standard InChI is InChI=1S/C9H16F3NO/c1-13(2)7-5-8(14)4-3-6-9(10,11)12/h3-7H2,1-2H3. The Balaban J connectivity index is 3.46. The normalized spacial score (nSPS) is 12.1. The molecule has 0 saturated carbocycles. The number of halogens is 3. The first-order valence-electron chi connectivity index (χ1n) is 4.54. The average molecular weight is 211 g/mol. The minimum Gasteiger partial charge on any atom is -0.309 e. The summed E-state index contributed by atoms with van der Waals surface area (Å²) >= 11 is 0. The van der Waals surface area contributed by atoms with Crippen LogP contribution in [0.4, 0.5) is 13.2 Å². The van der Waals surface area contributed by atoms with Crippen LogP contribution in [-0.4, -0.2) is 37.5 Å². The molecule has 0 aromatic rings. The van der Waals surface area contributed by atoms with Crippen molar-refractivity contribution in [3.8, 4) is 0 Å². The lowest BCUT2D eigenvalue weighted by Crippen LogP contribution is -2.17. The molecular formula is C9H16F3NO. The van der Waals surface area contributed by atoms with E-state index in [9.17, 15) is 18.0 Å². The number of hydrogen-bond acceptors (Lipinski definition) is 2. The molecule has 0 rings (SSSR count). The van der Waals surface area contributed by atoms with Gasteiger partial charge >= 0.3 is 6.18 Å². The molecule has 0 aliphatic heterocycles. The quantitative estimate of drug-likeness (QED) is 0.671. The van der Waals surface area contributed by atoms with Gasteiger partial charge in [-0.3, -0.25) is 4.79 Å². The zero-order valence-electron chi connectivity index (χ0n) is 8.52. The smallest absolute Gasteiger partial charge is 0.309 e. The molecule has 0 atom stereocenters. The largest absolute Gasteiger partial charge is 0.389 e. The highest BCUT2D eigenvalue weighted by molar-refractivity contribution is 5.78. The lowest BCUT2D eigenvalue weighted by Gasteiger charge is -2.08. The van der Waals surface area contributed by atoms with Crippen molar-refractivity contribution in [2.75, 3.05) is 20.6 Å². The fourth-order valence-electron chi connectivity index (χ4n) is 0.959. The first kappa shape index (κ1) is 13.4. The molecule has 5 heteroatoms. The van der Waals surface area contributed by atoms with Gasteiger partial charge in [0.1, 0.15) is 5.78 Å². The van der Waals surface area contributed by atoms with Crippen LogP contribution in [0.15, 0.2) is 0 Å². The summed E-state index contributed by atoms with van der Waals surface area (Å²) in [6.45, 7) is 0.602. The number of alkyl halides is 3. The van der Waals surface area contributed by atoms with Crippen LogP contribution in [0, 0.1) is 0 Å². The Morgan fingerprint density at radius 3 is 2.21 bits per heavy atom. The van der Waals surface area contributed by atoms with E-state index in [1.807, 2.05) is 19.0 Å². The molecule has 0 amide bonds. The summed E-state index contributed by atoms with van der Waals surface area (Å²) in [6, 6.07) is 0. The van der Waals surface area contributed by atoms with Gasteiger partial charge in [-0.1, -0.05) is 0 Å². The number of Topliss-reactive ketones (excluding diaryl/α,β-unsaturated/α-hetero) is 1. The third-order valence-electron chi connectivity index (χ3n) is 1.75. The number of hydrogen-bond donors (Lipinski definition) is 0. The van der Waals surface area contributed by atoms with Crippen LogP contribution in [0.25, 0.3) is 0 Å². The van der Waals surface area contributed by atoms with Crippen molar-refractivity contribution in [1.29, 1.82) is 0 Å². The number of ketones is 1. The summed E-state index contributed by atoms with van der Waals surface area (Å²) in [7, 11) is 3.64. The van der Waals surface area contributed by atoms with Crippen LogP contribution in [0.2, 0.25) is 0 Å². The van der Waals surface area contributed by atoms with E-state index < -0.39 is 12.6 Å². The molecule has 0 spiro atoms. The van der Waals surface area contributed by atoms with Crippen molar-refractivity contribution >= 4 is 5.78 Å². The molecule has 0 heterocycles. The van der Waals surface area contributed by atoms with Crippen molar-refractivity contribution in [3.05, 3.63) is 0 Å². The van der Waals surface area contributed by atoms with E-state index in [0.717, 1.165) is 0 Å². The molecule has 84 valence electrons. The van der Waals surface area contributed by atoms with E-state index in [1.54, 1.807) is 0 Å². The lowest BCUT2D eigenvalue weighted by molar-refractivity contribution is -0.137. The van der Waals surface area contributed by atoms with E-state index in [2.05, 4.69) is 0 Å². The molecule has 0 aromatic carbocycles. The van der Waals surface area contributed by atoms with Gasteiger partial charge in [0.2, 0.25) is 0 Å². The maximum absolute atomic E-state index is 11.7. The second-order valence-corrected chi connectivity index (χ2v) is 3.56. The van der Waals surface area contributed by atoms with E-state index >= 15 is 0 Å². The molecule has 0 saturated heterocycles. The Hall–Kier alpha value is -0.580. The van der Waals surface area contributed by atoms with Gasteiger partial charge in [-0.25, -0.2) is 0 Å². The minimum atomic E-state index is -4.14. The van der Waals surface area contributed by atoms with Crippen molar-refractivity contribution in [2.45, 2.75) is 31.9 Å². The van der Waals surface area contributed by atoms with E-state index in [1.165, 1.54) is 0 Å². The minimum absolute atomic E-state index is 0.0351. The second-order valence-electron chi connectivity index (χ2n) is 3.56. The van der Waals surface area contributed by atoms with Crippen molar-refractivity contribution in [2.24, 2.45) is 0 Å². The maximum Gasteiger partial charge on any atom is 0.389 e. The predicted molar refractivity (Wildman–Crippen MR) is 48.1 cm³/mol. The van der Waals surface area contributed by atoms with Gasteiger partial charge < -0.3 is 4.90 Å². The molecule has 14 heavy (non-hydrogen) atoms. The lowest BCUT2D eigenvalue weighted by atomic mass is 10.1. The van der Waals surface area contributed by atoms with Gasteiger partial charge in [-0.2, -0.15) is 13.2 Å². The molecule has 0 aliphatic carbocycles. The number of carbonyl (C=O) groups is 1. The van der Waals surface area contributed by atoms with Gasteiger partial charge in [-0.05, 0) is 20.5 Å². The number of nitrogens with zero attached hydrogens (tertiary/aromatic N) is 1. The monoisotopic (exact) mass is 211 g/mol. The summed E-state index contributed by atoms with van der Waals surface area (Å²) in [4.78, 5) is 12.9. The SMILES string of the molecule is CN(C)CCC(=O)CCCC(F)(F)F. The first-order valence-corrected chi connectivity index (χ1v) is 4.54. The van der Waals surface area contributed by atoms with E-state index in [-0.39, 0.29) is 18.6 Å². The Morgan fingerprint density at radius 2 is 1.79 bits per heavy atom. The van der Waals surface area contributed by atoms with Crippen molar-refractivity contribution in [1.82, 2.24) is 4.90 Å². The Kier molecular flexibility index (Phi) is 5.76. The summed E-state index contributed by atoms with van der Waals surface area (Å²) in [5.41, 5.74) is 0. The topological polar surface area (TPSA) is 20.3 Å². The first-order chi connectivity index (χ1) is 6.31. The molecule has 2 nitrogen and oxygen atoms in total. The van der Waals surface area contributed by atoms with Gasteiger partial charge in [0, 0.05) is 25.8 Å². The Morgan fingerprint density at radius 1 is 1.21 bits per heavy atom. The van der Waals surface area contributed by atoms with Crippen molar-refractivity contribution in [3.63, 3.8) is 0 Å². The Labute approximate surface area is 82.1 Å². The highest BCUT2D eigenvalue weighted by Crippen LogP contribution is 2.22. The van der Waals surface area contributed by atoms with Crippen molar-refractivity contribution < 1.29 is 18.0 Å². The van der Waals surface area contributed by atoms with Gasteiger partial charge in [0.05, 0.1) is 0 Å². The average Bonchev–Trinajstić information content (AvgIpc) is 1.98. The fraction of sp³-hybridized carbons (Fsp3) is 0.889. The van der Waals surface area contributed by atoms with Crippen LogP contribution >= 0.6 is 0 Å². The summed E-state index contributed by atoms with van der Waals surface area (Å²) in [5.74, 6) is -0.0945. The molecule has 0 radical (unpaired) electrons. The van der Waals surface area contributed by atoms with Gasteiger partial charge in [0.15, 0.2) is 0 Å². The highest BCUT2D eigenvalue weighted by atomic mass is 19.4. The molecular weight excluding hydrogens is 195 g/mol. The van der Waals surface area contributed by atoms with Crippen LogP contribution < -0.4 is 0 Å². The van der Waals surface area contributed by atoms with Crippen LogP contribution in [-0.2, 0) is 4.79 Å². The number of carbonyl (C=O) groups excluding carboxylic acids is 1. The zero-order valence-corrected chi connectivity index (χ0v) is 8.52. The molecule has 0 aliphatic rings. The van der Waals surface area contributed by atoms with Crippen LogP contribution in [0.1, 0.15) is 25.7 Å². The predicted octanol–water partition coefficient (Wildman–Crippen LogP) is 2.24. The van der Waals surface area contributed by atoms with E-state index in [4.69, 9.17) is 0 Å². The maximum atomic E-state index is 11.7. The Bertz CT molecular complexity index is 177. The van der Waals surface area contributed by atoms with Crippen LogP contribution in [0.3, 0.4) is 0 Å². The van der Waals surface area contributed by atoms with Gasteiger partial charge in [0.25, 0.3) is 0 Å². The third-order valence-corrected chi connectivity index (χ3v) is 1.75. The number of rotatable bonds is 6. The fourth-order valence-corrected chi connectivity index (χ4v) is 0.959. The molecule has 0 fully saturated rings. The highest BCUT2D eigenvalue weighted by Gasteiger charge is 2.26. The van der Waals surface area contributed by atoms with E-state index in [0.29, 0.717) is 13.0 Å². The zero-order chi connectivity index (χ0) is 11.2. The third kappa shape index (κ3) is 9.51. The summed E-state index contributed by atoms with van der Waals surface area (Å²) in [5, 5.41) is 0. The molecule has 0 bridgehead atoms. The summed E-state index contributed by atoms with van der Waals surface area (Å²) < 4.78 is 35.1. The summed E-state index contributed by atoms with van der Waals surface area (Å²) in [6.07, 6.45) is -4.71. The molecule has 0 unspecified atom stereocenters. The molecule has 0 aromatic heterocycles. The van der Waals surface area contributed by atoms with Gasteiger partial charge in [-0.15, -0.1) is 0 Å². The van der Waals surface area contributed by atoms with Crippen LogP contribution in [0.5, 0.6) is 0 Å². The second kappa shape index (κ2) is 6.01. The molecule has 0 N–H and O–H groups in total.